The van der Waals surface area contributed by atoms with Crippen LogP contribution >= 0.6 is 23.2 Å². The van der Waals surface area contributed by atoms with Crippen LogP contribution in [-0.4, -0.2) is 44.6 Å². The Kier molecular flexibility index (Phi) is 5.99. The number of hydrogen-bond donors (Lipinski definition) is 1. The van der Waals surface area contributed by atoms with E-state index in [1.807, 2.05) is 18.2 Å². The zero-order valence-electron chi connectivity index (χ0n) is 15.9. The lowest BCUT2D eigenvalue weighted by Crippen LogP contribution is -2.47. The zero-order valence-corrected chi connectivity index (χ0v) is 18.2. The van der Waals surface area contributed by atoms with Crippen molar-refractivity contribution in [3.63, 3.8) is 0 Å². The van der Waals surface area contributed by atoms with Crippen molar-refractivity contribution in [1.29, 1.82) is 0 Å². The molecule has 0 amide bonds. The molecule has 2 heterocycles. The topological polar surface area (TPSA) is 78.4 Å². The predicted molar refractivity (Wildman–Crippen MR) is 120 cm³/mol. The van der Waals surface area contributed by atoms with Crippen LogP contribution in [0.15, 0.2) is 65.8 Å². The van der Waals surface area contributed by atoms with Crippen LogP contribution in [0.1, 0.15) is 0 Å². The molecule has 0 bridgehead atoms. The molecule has 0 unspecified atom stereocenters. The Bertz CT molecular complexity index is 1120. The van der Waals surface area contributed by atoms with Gasteiger partial charge in [0.1, 0.15) is 4.90 Å². The van der Waals surface area contributed by atoms with E-state index in [1.165, 1.54) is 36.3 Å². The van der Waals surface area contributed by atoms with E-state index in [2.05, 4.69) is 36.6 Å². The number of nitrogens with one attached hydrogen (secondary N) is 1. The molecule has 1 aromatic heterocycles. The Labute approximate surface area is 185 Å². The van der Waals surface area contributed by atoms with Crippen LogP contribution in [0.5, 0.6) is 0 Å². The summed E-state index contributed by atoms with van der Waals surface area (Å²) in [5, 5.41) is 0.363. The van der Waals surface area contributed by atoms with E-state index in [0.717, 1.165) is 26.2 Å². The van der Waals surface area contributed by atoms with Gasteiger partial charge in [-0.3, -0.25) is 4.72 Å². The largest absolute Gasteiger partial charge is 0.368 e. The minimum atomic E-state index is -3.91. The summed E-state index contributed by atoms with van der Waals surface area (Å²) in [6, 6.07) is 14.5. The Morgan fingerprint density at radius 2 is 1.50 bits per heavy atom. The van der Waals surface area contributed by atoms with E-state index >= 15 is 0 Å². The van der Waals surface area contributed by atoms with Crippen molar-refractivity contribution in [1.82, 2.24) is 9.97 Å². The van der Waals surface area contributed by atoms with Crippen molar-refractivity contribution >= 4 is 50.5 Å². The maximum atomic E-state index is 12.6. The molecule has 0 saturated carbocycles. The molecule has 0 radical (unpaired) electrons. The summed E-state index contributed by atoms with van der Waals surface area (Å²) in [5.74, 6) is 0.562. The third-order valence-electron chi connectivity index (χ3n) is 4.76. The summed E-state index contributed by atoms with van der Waals surface area (Å²) in [5.41, 5.74) is 1.44. The second-order valence-electron chi connectivity index (χ2n) is 6.76. The van der Waals surface area contributed by atoms with Crippen molar-refractivity contribution in [3.8, 4) is 0 Å². The van der Waals surface area contributed by atoms with Crippen molar-refractivity contribution in [2.24, 2.45) is 0 Å². The van der Waals surface area contributed by atoms with E-state index < -0.39 is 10.0 Å². The zero-order chi connectivity index (χ0) is 21.1. The Hall–Kier alpha value is -2.55. The Balaban J connectivity index is 1.42. The summed E-state index contributed by atoms with van der Waals surface area (Å²) >= 11 is 11.9. The van der Waals surface area contributed by atoms with E-state index in [9.17, 15) is 8.42 Å². The highest BCUT2D eigenvalue weighted by Crippen LogP contribution is 2.27. The second-order valence-corrected chi connectivity index (χ2v) is 9.26. The summed E-state index contributed by atoms with van der Waals surface area (Å²) in [4.78, 5) is 12.9. The van der Waals surface area contributed by atoms with E-state index in [4.69, 9.17) is 23.2 Å². The van der Waals surface area contributed by atoms with Gasteiger partial charge in [0.05, 0.1) is 23.1 Å². The van der Waals surface area contributed by atoms with E-state index in [-0.39, 0.29) is 20.6 Å². The molecule has 0 aliphatic carbocycles. The predicted octanol–water partition coefficient (Wildman–Crippen LogP) is 3.91. The van der Waals surface area contributed by atoms with E-state index in [1.54, 1.807) is 0 Å². The molecule has 0 atom stereocenters. The maximum Gasteiger partial charge on any atom is 0.263 e. The fourth-order valence-electron chi connectivity index (χ4n) is 3.23. The quantitative estimate of drug-likeness (QED) is 0.617. The van der Waals surface area contributed by atoms with Crippen molar-refractivity contribution in [2.45, 2.75) is 4.90 Å². The van der Waals surface area contributed by atoms with Crippen molar-refractivity contribution in [3.05, 3.63) is 71.0 Å². The van der Waals surface area contributed by atoms with Gasteiger partial charge in [-0.2, -0.15) is 0 Å². The first-order valence-corrected chi connectivity index (χ1v) is 11.5. The first kappa shape index (κ1) is 20.7. The lowest BCUT2D eigenvalue weighted by atomic mass is 10.2. The molecule has 1 aliphatic heterocycles. The molecule has 30 heavy (non-hydrogen) atoms. The lowest BCUT2D eigenvalue weighted by Gasteiger charge is -2.36. The number of halogens is 2. The summed E-state index contributed by atoms with van der Waals surface area (Å²) < 4.78 is 27.7. The number of para-hydroxylation sites is 1. The van der Waals surface area contributed by atoms with E-state index in [0.29, 0.717) is 5.95 Å². The van der Waals surface area contributed by atoms with Crippen LogP contribution in [-0.2, 0) is 10.0 Å². The molecule has 1 N–H and O–H groups in total. The van der Waals surface area contributed by atoms with Gasteiger partial charge in [-0.15, -0.1) is 0 Å². The molecule has 2 aromatic carbocycles. The highest BCUT2D eigenvalue weighted by molar-refractivity contribution is 7.92. The van der Waals surface area contributed by atoms with Gasteiger partial charge in [0, 0.05) is 36.9 Å². The van der Waals surface area contributed by atoms with Crippen LogP contribution in [0.4, 0.5) is 17.3 Å². The third-order valence-corrected chi connectivity index (χ3v) is 6.86. The summed E-state index contributed by atoms with van der Waals surface area (Å²) in [7, 11) is -3.91. The van der Waals surface area contributed by atoms with Crippen LogP contribution in [0.25, 0.3) is 0 Å². The average Bonchev–Trinajstić information content (AvgIpc) is 2.76. The van der Waals surface area contributed by atoms with Gasteiger partial charge in [0.25, 0.3) is 10.0 Å². The fourth-order valence-corrected chi connectivity index (χ4v) is 5.03. The number of benzene rings is 2. The highest BCUT2D eigenvalue weighted by Gasteiger charge is 2.21. The molecule has 1 saturated heterocycles. The Morgan fingerprint density at radius 1 is 0.867 bits per heavy atom. The van der Waals surface area contributed by atoms with Crippen LogP contribution in [0, 0.1) is 0 Å². The first-order chi connectivity index (χ1) is 14.4. The lowest BCUT2D eigenvalue weighted by molar-refractivity contribution is 0.601. The van der Waals surface area contributed by atoms with Gasteiger partial charge in [0.15, 0.2) is 0 Å². The molecule has 7 nitrogen and oxygen atoms in total. The molecule has 156 valence electrons. The van der Waals surface area contributed by atoms with Gasteiger partial charge in [0.2, 0.25) is 5.95 Å². The smallest absolute Gasteiger partial charge is 0.263 e. The average molecular weight is 464 g/mol. The molecule has 4 rings (SSSR count). The number of hydrogen-bond acceptors (Lipinski definition) is 6. The summed E-state index contributed by atoms with van der Waals surface area (Å²) in [6.07, 6.45) is 2.89. The number of piperazine rings is 1. The second kappa shape index (κ2) is 8.67. The van der Waals surface area contributed by atoms with Gasteiger partial charge in [-0.25, -0.2) is 18.4 Å². The van der Waals surface area contributed by atoms with Gasteiger partial charge >= 0.3 is 0 Å². The maximum absolute atomic E-state index is 12.6. The Morgan fingerprint density at radius 3 is 2.17 bits per heavy atom. The number of nitrogens with zero attached hydrogens (tertiary/aromatic N) is 4. The monoisotopic (exact) mass is 463 g/mol. The number of anilines is 3. The van der Waals surface area contributed by atoms with Crippen LogP contribution < -0.4 is 14.5 Å². The van der Waals surface area contributed by atoms with Gasteiger partial charge in [-0.05, 0) is 30.3 Å². The molecular weight excluding hydrogens is 445 g/mol. The molecule has 1 fully saturated rings. The molecular formula is C20H19Cl2N5O2S. The van der Waals surface area contributed by atoms with Gasteiger partial charge in [-0.1, -0.05) is 41.4 Å². The van der Waals surface area contributed by atoms with Gasteiger partial charge < -0.3 is 9.80 Å². The third kappa shape index (κ3) is 4.61. The molecule has 10 heteroatoms. The number of rotatable bonds is 5. The summed E-state index contributed by atoms with van der Waals surface area (Å²) in [6.45, 7) is 3.26. The standard InChI is InChI=1S/C20H19Cl2N5O2S/c21-15-6-7-18(22)19(12-15)30(28,29)25-16-13-23-20(24-14-16)27-10-8-26(9-11-27)17-4-2-1-3-5-17/h1-7,12-14,25H,8-11H2. The minimum absolute atomic E-state index is 0.0840. The molecule has 1 aliphatic rings. The SMILES string of the molecule is O=S(=O)(Nc1cnc(N2CCN(c3ccccc3)CC2)nc1)c1cc(Cl)ccc1Cl. The molecule has 3 aromatic rings. The number of sulfonamides is 1. The number of aromatic nitrogens is 2. The fraction of sp³-hybridized carbons (Fsp3) is 0.200. The van der Waals surface area contributed by atoms with Crippen LogP contribution in [0.2, 0.25) is 10.0 Å². The molecule has 0 spiro atoms. The minimum Gasteiger partial charge on any atom is -0.368 e. The first-order valence-electron chi connectivity index (χ1n) is 9.27. The van der Waals surface area contributed by atoms with Crippen molar-refractivity contribution < 1.29 is 8.42 Å². The highest BCUT2D eigenvalue weighted by atomic mass is 35.5. The normalized spacial score (nSPS) is 14.6. The van der Waals surface area contributed by atoms with Crippen LogP contribution in [0.3, 0.4) is 0 Å². The van der Waals surface area contributed by atoms with Crippen molar-refractivity contribution in [2.75, 3.05) is 40.7 Å².